The molecule has 4 nitrogen and oxygen atoms in total. The minimum atomic E-state index is 0.481. The summed E-state index contributed by atoms with van der Waals surface area (Å²) in [5, 5.41) is 0. The van der Waals surface area contributed by atoms with Gasteiger partial charge in [0.2, 0.25) is 0 Å². The second-order valence-electron chi connectivity index (χ2n) is 5.72. The number of rotatable bonds is 3. The molecular weight excluding hydrogens is 260 g/mol. The summed E-state index contributed by atoms with van der Waals surface area (Å²) < 4.78 is 0. The van der Waals surface area contributed by atoms with Crippen molar-refractivity contribution in [1.29, 1.82) is 0 Å². The van der Waals surface area contributed by atoms with Gasteiger partial charge in [-0.1, -0.05) is 30.7 Å². The van der Waals surface area contributed by atoms with Gasteiger partial charge in [-0.05, 0) is 38.4 Å². The highest BCUT2D eigenvalue weighted by Crippen LogP contribution is 2.26. The minimum absolute atomic E-state index is 0.481. The molecule has 1 unspecified atom stereocenters. The van der Waals surface area contributed by atoms with E-state index in [-0.39, 0.29) is 0 Å². The third kappa shape index (κ3) is 3.22. The maximum Gasteiger partial charge on any atom is 0.127 e. The van der Waals surface area contributed by atoms with E-state index in [0.717, 1.165) is 11.3 Å². The van der Waals surface area contributed by atoms with E-state index in [1.165, 1.54) is 44.2 Å². The van der Waals surface area contributed by atoms with Gasteiger partial charge in [-0.3, -0.25) is 4.90 Å². The van der Waals surface area contributed by atoms with Crippen molar-refractivity contribution in [3.05, 3.63) is 42.2 Å². The molecule has 0 radical (unpaired) electrons. The van der Waals surface area contributed by atoms with Crippen molar-refractivity contribution in [1.82, 2.24) is 14.9 Å². The quantitative estimate of drug-likeness (QED) is 0.938. The molecule has 0 aliphatic carbocycles. The van der Waals surface area contributed by atoms with Crippen LogP contribution in [0.3, 0.4) is 0 Å². The number of hydrogen-bond donors (Lipinski definition) is 1. The van der Waals surface area contributed by atoms with Gasteiger partial charge in [0.05, 0.1) is 5.69 Å². The topological polar surface area (TPSA) is 55.0 Å². The van der Waals surface area contributed by atoms with Gasteiger partial charge in [0.1, 0.15) is 12.1 Å². The lowest BCUT2D eigenvalue weighted by Crippen LogP contribution is -2.32. The highest BCUT2D eigenvalue weighted by molar-refractivity contribution is 5.61. The molecular formula is C17H22N4. The predicted molar refractivity (Wildman–Crippen MR) is 85.7 cm³/mol. The number of benzene rings is 1. The van der Waals surface area contributed by atoms with Crippen LogP contribution in [0.1, 0.15) is 37.8 Å². The average molecular weight is 282 g/mol. The van der Waals surface area contributed by atoms with Crippen molar-refractivity contribution in [2.75, 3.05) is 18.8 Å². The van der Waals surface area contributed by atoms with Crippen LogP contribution >= 0.6 is 0 Å². The first-order valence-corrected chi connectivity index (χ1v) is 7.66. The summed E-state index contributed by atoms with van der Waals surface area (Å²) in [6, 6.07) is 10.9. The molecule has 3 rings (SSSR count). The number of piperidine rings is 1. The van der Waals surface area contributed by atoms with Gasteiger partial charge in [0, 0.05) is 17.7 Å². The van der Waals surface area contributed by atoms with Gasteiger partial charge in [0.25, 0.3) is 0 Å². The normalized spacial score (nSPS) is 17.6. The average Bonchev–Trinajstić information content (AvgIpc) is 2.55. The van der Waals surface area contributed by atoms with E-state index in [9.17, 15) is 0 Å². The van der Waals surface area contributed by atoms with Crippen molar-refractivity contribution in [2.24, 2.45) is 0 Å². The van der Waals surface area contributed by atoms with Crippen LogP contribution in [0, 0.1) is 0 Å². The molecule has 2 heterocycles. The molecule has 0 spiro atoms. The van der Waals surface area contributed by atoms with Crippen LogP contribution in [0.4, 0.5) is 5.82 Å². The Kier molecular flexibility index (Phi) is 4.15. The van der Waals surface area contributed by atoms with Gasteiger partial charge in [-0.25, -0.2) is 9.97 Å². The molecule has 4 heteroatoms. The van der Waals surface area contributed by atoms with E-state index >= 15 is 0 Å². The van der Waals surface area contributed by atoms with Crippen LogP contribution in [0.25, 0.3) is 11.3 Å². The highest BCUT2D eigenvalue weighted by Gasteiger charge is 2.17. The van der Waals surface area contributed by atoms with Crippen molar-refractivity contribution >= 4 is 5.82 Å². The first-order chi connectivity index (χ1) is 10.2. The van der Waals surface area contributed by atoms with Crippen molar-refractivity contribution in [2.45, 2.75) is 32.2 Å². The number of hydrogen-bond acceptors (Lipinski definition) is 4. The first-order valence-electron chi connectivity index (χ1n) is 7.66. The van der Waals surface area contributed by atoms with E-state index in [1.807, 2.05) is 6.07 Å². The zero-order valence-electron chi connectivity index (χ0n) is 12.5. The van der Waals surface area contributed by atoms with Crippen molar-refractivity contribution in [3.63, 3.8) is 0 Å². The Labute approximate surface area is 126 Å². The number of aromatic nitrogens is 2. The number of nitrogens with two attached hydrogens (primary N) is 1. The van der Waals surface area contributed by atoms with E-state index in [4.69, 9.17) is 5.73 Å². The molecule has 1 aromatic heterocycles. The smallest absolute Gasteiger partial charge is 0.127 e. The number of anilines is 1. The minimum Gasteiger partial charge on any atom is -0.384 e. The van der Waals surface area contributed by atoms with Gasteiger partial charge in [-0.2, -0.15) is 0 Å². The summed E-state index contributed by atoms with van der Waals surface area (Å²) in [6.07, 6.45) is 5.53. The van der Waals surface area contributed by atoms with Crippen molar-refractivity contribution in [3.8, 4) is 11.3 Å². The zero-order valence-corrected chi connectivity index (χ0v) is 12.5. The molecule has 1 aliphatic rings. The highest BCUT2D eigenvalue weighted by atomic mass is 15.2. The predicted octanol–water partition coefficient (Wildman–Crippen LogP) is 3.27. The van der Waals surface area contributed by atoms with E-state index in [0.29, 0.717) is 11.9 Å². The Hall–Kier alpha value is -1.94. The lowest BCUT2D eigenvalue weighted by atomic mass is 10.0. The van der Waals surface area contributed by atoms with Crippen LogP contribution in [0.15, 0.2) is 36.7 Å². The summed E-state index contributed by atoms with van der Waals surface area (Å²) in [7, 11) is 0. The Morgan fingerprint density at radius 2 is 1.76 bits per heavy atom. The Morgan fingerprint density at radius 1 is 1.05 bits per heavy atom. The molecule has 1 fully saturated rings. The molecule has 0 bridgehead atoms. The lowest BCUT2D eigenvalue weighted by Gasteiger charge is -2.32. The first kappa shape index (κ1) is 14.0. The van der Waals surface area contributed by atoms with Crippen LogP contribution in [-0.4, -0.2) is 28.0 Å². The monoisotopic (exact) mass is 282 g/mol. The maximum atomic E-state index is 5.71. The molecule has 1 aromatic carbocycles. The van der Waals surface area contributed by atoms with Crippen LogP contribution in [-0.2, 0) is 0 Å². The van der Waals surface area contributed by atoms with E-state index in [2.05, 4.69) is 46.1 Å². The Morgan fingerprint density at radius 3 is 2.43 bits per heavy atom. The molecule has 1 atom stereocenters. The number of nitrogens with zero attached hydrogens (tertiary/aromatic N) is 3. The molecule has 0 saturated carbocycles. The maximum absolute atomic E-state index is 5.71. The summed E-state index contributed by atoms with van der Waals surface area (Å²) in [6.45, 7) is 4.72. The van der Waals surface area contributed by atoms with Gasteiger partial charge in [-0.15, -0.1) is 0 Å². The fraction of sp³-hybridized carbons (Fsp3) is 0.412. The molecule has 2 aromatic rings. The molecule has 1 saturated heterocycles. The molecule has 110 valence electrons. The lowest BCUT2D eigenvalue weighted by molar-refractivity contribution is 0.175. The van der Waals surface area contributed by atoms with Gasteiger partial charge in [0.15, 0.2) is 0 Å². The summed E-state index contributed by atoms with van der Waals surface area (Å²) in [5.41, 5.74) is 9.03. The summed E-state index contributed by atoms with van der Waals surface area (Å²) in [4.78, 5) is 10.8. The molecule has 0 amide bonds. The second-order valence-corrected chi connectivity index (χ2v) is 5.72. The van der Waals surface area contributed by atoms with Gasteiger partial charge >= 0.3 is 0 Å². The van der Waals surface area contributed by atoms with E-state index < -0.39 is 0 Å². The fourth-order valence-corrected chi connectivity index (χ4v) is 2.98. The molecule has 1 aliphatic heterocycles. The third-order valence-electron chi connectivity index (χ3n) is 4.32. The SMILES string of the molecule is CC(c1ccc(-c2cc(N)ncn2)cc1)N1CCCCC1. The Balaban J connectivity index is 1.77. The number of likely N-dealkylation sites (tertiary alicyclic amines) is 1. The van der Waals surface area contributed by atoms with Crippen LogP contribution < -0.4 is 5.73 Å². The molecule has 21 heavy (non-hydrogen) atoms. The van der Waals surface area contributed by atoms with Gasteiger partial charge < -0.3 is 5.73 Å². The Bertz CT molecular complexity index is 588. The summed E-state index contributed by atoms with van der Waals surface area (Å²) in [5.74, 6) is 0.505. The number of nitrogen functional groups attached to an aromatic ring is 1. The fourth-order valence-electron chi connectivity index (χ4n) is 2.98. The third-order valence-corrected chi connectivity index (χ3v) is 4.32. The van der Waals surface area contributed by atoms with Crippen molar-refractivity contribution < 1.29 is 0 Å². The van der Waals surface area contributed by atoms with Crippen LogP contribution in [0.2, 0.25) is 0 Å². The molecule has 2 N–H and O–H groups in total. The van der Waals surface area contributed by atoms with Crippen LogP contribution in [0.5, 0.6) is 0 Å². The largest absolute Gasteiger partial charge is 0.384 e. The second kappa shape index (κ2) is 6.22. The summed E-state index contributed by atoms with van der Waals surface area (Å²) >= 11 is 0. The zero-order chi connectivity index (χ0) is 14.7. The standard InChI is InChI=1S/C17H22N4/c1-13(21-9-3-2-4-10-21)14-5-7-15(8-6-14)16-11-17(18)20-12-19-16/h5-8,11-13H,2-4,9-10H2,1H3,(H2,18,19,20). The van der Waals surface area contributed by atoms with E-state index in [1.54, 1.807) is 0 Å².